The summed E-state index contributed by atoms with van der Waals surface area (Å²) in [5.74, 6) is -0.0747. The number of nitrogens with zero attached hydrogens (tertiary/aromatic N) is 2. The Bertz CT molecular complexity index is 652. The van der Waals surface area contributed by atoms with E-state index in [9.17, 15) is 4.79 Å². The van der Waals surface area contributed by atoms with Crippen molar-refractivity contribution in [2.45, 2.75) is 33.7 Å². The summed E-state index contributed by atoms with van der Waals surface area (Å²) < 4.78 is 1.89. The van der Waals surface area contributed by atoms with Gasteiger partial charge in [-0.2, -0.15) is 5.10 Å². The summed E-state index contributed by atoms with van der Waals surface area (Å²) in [5.41, 5.74) is 4.06. The summed E-state index contributed by atoms with van der Waals surface area (Å²) >= 11 is 0. The van der Waals surface area contributed by atoms with Crippen LogP contribution in [-0.2, 0) is 4.79 Å². The lowest BCUT2D eigenvalue weighted by Crippen LogP contribution is -2.25. The van der Waals surface area contributed by atoms with Crippen LogP contribution < -0.4 is 5.32 Å². The Morgan fingerprint density at radius 3 is 2.57 bits per heavy atom. The number of carbonyl (C=O) groups excluding carboxylic acids is 1. The molecule has 2 rings (SSSR count). The van der Waals surface area contributed by atoms with E-state index >= 15 is 0 Å². The zero-order valence-electron chi connectivity index (χ0n) is 12.9. The molecule has 2 aromatic rings. The SMILES string of the molecule is CC(C)=CC(=O)NC(C)c1cnn(-c2ccccc2)c1C. The predicted molar refractivity (Wildman–Crippen MR) is 84.3 cm³/mol. The highest BCUT2D eigenvalue weighted by molar-refractivity contribution is 5.88. The molecule has 0 fully saturated rings. The molecular weight excluding hydrogens is 262 g/mol. The molecule has 1 heterocycles. The van der Waals surface area contributed by atoms with E-state index in [2.05, 4.69) is 10.4 Å². The predicted octanol–water partition coefficient (Wildman–Crippen LogP) is 3.32. The molecule has 1 N–H and O–H groups in total. The third-order valence-electron chi connectivity index (χ3n) is 3.29. The molecule has 0 saturated heterocycles. The molecule has 0 spiro atoms. The first-order valence-electron chi connectivity index (χ1n) is 7.04. The van der Waals surface area contributed by atoms with E-state index in [0.717, 1.165) is 22.5 Å². The van der Waals surface area contributed by atoms with Crippen LogP contribution in [0.4, 0.5) is 0 Å². The molecule has 21 heavy (non-hydrogen) atoms. The largest absolute Gasteiger partial charge is 0.346 e. The molecule has 0 aliphatic carbocycles. The standard InChI is InChI=1S/C17H21N3O/c1-12(2)10-17(21)19-13(3)16-11-18-20(14(16)4)15-8-6-5-7-9-15/h5-11,13H,1-4H3,(H,19,21). The Morgan fingerprint density at radius 2 is 1.95 bits per heavy atom. The highest BCUT2D eigenvalue weighted by Gasteiger charge is 2.15. The molecule has 0 saturated carbocycles. The number of amides is 1. The van der Waals surface area contributed by atoms with Gasteiger partial charge in [-0.3, -0.25) is 4.79 Å². The van der Waals surface area contributed by atoms with Gasteiger partial charge < -0.3 is 5.32 Å². The van der Waals surface area contributed by atoms with E-state index < -0.39 is 0 Å². The molecule has 0 aliphatic rings. The van der Waals surface area contributed by atoms with Gasteiger partial charge in [-0.05, 0) is 39.8 Å². The van der Waals surface area contributed by atoms with E-state index in [1.54, 1.807) is 6.08 Å². The third-order valence-corrected chi connectivity index (χ3v) is 3.29. The quantitative estimate of drug-likeness (QED) is 0.875. The van der Waals surface area contributed by atoms with Crippen molar-refractivity contribution < 1.29 is 4.79 Å². The summed E-state index contributed by atoms with van der Waals surface area (Å²) in [6.45, 7) is 7.79. The summed E-state index contributed by atoms with van der Waals surface area (Å²) in [5, 5.41) is 7.39. The maximum atomic E-state index is 11.8. The number of nitrogens with one attached hydrogen (secondary N) is 1. The maximum Gasteiger partial charge on any atom is 0.244 e. The summed E-state index contributed by atoms with van der Waals surface area (Å²) in [6, 6.07) is 9.88. The van der Waals surface area contributed by atoms with Gasteiger partial charge in [-0.15, -0.1) is 0 Å². The number of carbonyl (C=O) groups is 1. The van der Waals surface area contributed by atoms with Crippen LogP contribution in [-0.4, -0.2) is 15.7 Å². The first kappa shape index (κ1) is 15.0. The molecule has 4 heteroatoms. The van der Waals surface area contributed by atoms with Gasteiger partial charge in [-0.25, -0.2) is 4.68 Å². The number of hydrogen-bond acceptors (Lipinski definition) is 2. The van der Waals surface area contributed by atoms with Crippen LogP contribution in [0.5, 0.6) is 0 Å². The van der Waals surface area contributed by atoms with E-state index in [0.29, 0.717) is 0 Å². The van der Waals surface area contributed by atoms with Crippen LogP contribution in [0.2, 0.25) is 0 Å². The number of aromatic nitrogens is 2. The Hall–Kier alpha value is -2.36. The number of rotatable bonds is 4. The second kappa shape index (κ2) is 6.39. The monoisotopic (exact) mass is 283 g/mol. The second-order valence-electron chi connectivity index (χ2n) is 5.38. The van der Waals surface area contributed by atoms with Crippen LogP contribution in [0.1, 0.15) is 38.1 Å². The van der Waals surface area contributed by atoms with E-state index in [1.807, 2.05) is 68.9 Å². The Kier molecular flexibility index (Phi) is 4.58. The number of allylic oxidation sites excluding steroid dienone is 1. The minimum absolute atomic E-state index is 0.0747. The first-order valence-corrected chi connectivity index (χ1v) is 7.04. The van der Waals surface area contributed by atoms with Crippen molar-refractivity contribution in [3.8, 4) is 5.69 Å². The Labute approximate surface area is 125 Å². The van der Waals surface area contributed by atoms with Crippen molar-refractivity contribution in [2.75, 3.05) is 0 Å². The fourth-order valence-corrected chi connectivity index (χ4v) is 2.27. The van der Waals surface area contributed by atoms with Crippen molar-refractivity contribution in [2.24, 2.45) is 0 Å². The fourth-order valence-electron chi connectivity index (χ4n) is 2.27. The van der Waals surface area contributed by atoms with Gasteiger partial charge in [0.15, 0.2) is 0 Å². The number of hydrogen-bond donors (Lipinski definition) is 1. The van der Waals surface area contributed by atoms with Gasteiger partial charge in [0.05, 0.1) is 17.9 Å². The normalized spacial score (nSPS) is 11.8. The van der Waals surface area contributed by atoms with E-state index in [4.69, 9.17) is 0 Å². The summed E-state index contributed by atoms with van der Waals surface area (Å²) in [4.78, 5) is 11.8. The summed E-state index contributed by atoms with van der Waals surface area (Å²) in [6.07, 6.45) is 3.42. The zero-order valence-corrected chi connectivity index (χ0v) is 12.9. The van der Waals surface area contributed by atoms with E-state index in [-0.39, 0.29) is 11.9 Å². The lowest BCUT2D eigenvalue weighted by atomic mass is 10.1. The molecule has 4 nitrogen and oxygen atoms in total. The van der Waals surface area contributed by atoms with Gasteiger partial charge in [0.25, 0.3) is 0 Å². The molecule has 0 aliphatic heterocycles. The fraction of sp³-hybridized carbons (Fsp3) is 0.294. The average molecular weight is 283 g/mol. The first-order chi connectivity index (χ1) is 9.99. The minimum Gasteiger partial charge on any atom is -0.346 e. The van der Waals surface area contributed by atoms with Crippen molar-refractivity contribution >= 4 is 5.91 Å². The molecule has 0 radical (unpaired) electrons. The van der Waals surface area contributed by atoms with Crippen molar-refractivity contribution in [1.29, 1.82) is 0 Å². The van der Waals surface area contributed by atoms with Crippen molar-refractivity contribution in [1.82, 2.24) is 15.1 Å². The van der Waals surface area contributed by atoms with Gasteiger partial charge in [0.2, 0.25) is 5.91 Å². The lowest BCUT2D eigenvalue weighted by Gasteiger charge is -2.13. The van der Waals surface area contributed by atoms with Crippen LogP contribution in [0, 0.1) is 6.92 Å². The molecule has 1 atom stereocenters. The molecule has 1 unspecified atom stereocenters. The van der Waals surface area contributed by atoms with Gasteiger partial charge in [0, 0.05) is 17.3 Å². The number of para-hydroxylation sites is 1. The Balaban J connectivity index is 2.20. The lowest BCUT2D eigenvalue weighted by molar-refractivity contribution is -0.117. The number of benzene rings is 1. The molecule has 1 aromatic heterocycles. The second-order valence-corrected chi connectivity index (χ2v) is 5.38. The Morgan fingerprint density at radius 1 is 1.29 bits per heavy atom. The molecular formula is C17H21N3O. The third kappa shape index (κ3) is 3.60. The molecule has 110 valence electrons. The maximum absolute atomic E-state index is 11.8. The van der Waals surface area contributed by atoms with Crippen LogP contribution >= 0.6 is 0 Å². The van der Waals surface area contributed by atoms with Crippen LogP contribution in [0.25, 0.3) is 5.69 Å². The molecule has 1 aromatic carbocycles. The van der Waals surface area contributed by atoms with Crippen molar-refractivity contribution in [3.05, 3.63) is 59.4 Å². The van der Waals surface area contributed by atoms with Crippen molar-refractivity contribution in [3.63, 3.8) is 0 Å². The summed E-state index contributed by atoms with van der Waals surface area (Å²) in [7, 11) is 0. The van der Waals surface area contributed by atoms with Gasteiger partial charge in [0.1, 0.15) is 0 Å². The highest BCUT2D eigenvalue weighted by atomic mass is 16.1. The van der Waals surface area contributed by atoms with Gasteiger partial charge in [-0.1, -0.05) is 23.8 Å². The zero-order chi connectivity index (χ0) is 15.4. The van der Waals surface area contributed by atoms with Crippen LogP contribution in [0.15, 0.2) is 48.2 Å². The molecule has 0 bridgehead atoms. The minimum atomic E-state index is -0.0782. The topological polar surface area (TPSA) is 46.9 Å². The van der Waals surface area contributed by atoms with Gasteiger partial charge >= 0.3 is 0 Å². The van der Waals surface area contributed by atoms with E-state index in [1.165, 1.54) is 0 Å². The smallest absolute Gasteiger partial charge is 0.244 e. The van der Waals surface area contributed by atoms with Crippen LogP contribution in [0.3, 0.4) is 0 Å². The highest BCUT2D eigenvalue weighted by Crippen LogP contribution is 2.20. The molecule has 1 amide bonds. The average Bonchev–Trinajstić information content (AvgIpc) is 2.80.